The molecule has 3 unspecified atom stereocenters. The Morgan fingerprint density at radius 1 is 1.02 bits per heavy atom. The first-order chi connectivity index (χ1) is 22.6. The van der Waals surface area contributed by atoms with E-state index in [4.69, 9.17) is 6.42 Å². The van der Waals surface area contributed by atoms with E-state index < -0.39 is 42.0 Å². The van der Waals surface area contributed by atoms with Gasteiger partial charge in [0.25, 0.3) is 0 Å². The van der Waals surface area contributed by atoms with E-state index in [2.05, 4.69) is 40.2 Å². The van der Waals surface area contributed by atoms with Crippen LogP contribution in [0.2, 0.25) is 0 Å². The monoisotopic (exact) mass is 650 g/mol. The molecule has 0 aliphatic heterocycles. The number of carbonyl (C=O) groups excluding carboxylic acids is 3. The summed E-state index contributed by atoms with van der Waals surface area (Å²) in [4.78, 5) is 44.7. The van der Waals surface area contributed by atoms with E-state index in [0.29, 0.717) is 44.6 Å². The van der Waals surface area contributed by atoms with Crippen LogP contribution in [0.15, 0.2) is 30.3 Å². The summed E-state index contributed by atoms with van der Waals surface area (Å²) in [5, 5.41) is 27.9. The first kappa shape index (κ1) is 39.8. The summed E-state index contributed by atoms with van der Waals surface area (Å²) in [5.74, 6) is 6.88. The fourth-order valence-electron chi connectivity index (χ4n) is 6.03. The van der Waals surface area contributed by atoms with Crippen LogP contribution in [0.5, 0.6) is 0 Å². The van der Waals surface area contributed by atoms with Gasteiger partial charge in [0.1, 0.15) is 6.04 Å². The molecule has 0 radical (unpaired) electrons. The van der Waals surface area contributed by atoms with Crippen LogP contribution >= 0.6 is 0 Å². The van der Waals surface area contributed by atoms with E-state index in [-0.39, 0.29) is 18.7 Å². The van der Waals surface area contributed by atoms with Crippen LogP contribution in [-0.4, -0.2) is 95.8 Å². The maximum absolute atomic E-state index is 13.9. The molecule has 1 aromatic rings. The number of unbranched alkanes of at least 4 members (excludes halogenated alkanes) is 1. The Labute approximate surface area is 283 Å². The Balaban J connectivity index is 2.24. The molecule has 0 spiro atoms. The molecule has 0 aromatic heterocycles. The molecule has 9 heteroatoms. The third kappa shape index (κ3) is 14.9. The number of aliphatic hydroxyl groups excluding tert-OH is 2. The van der Waals surface area contributed by atoms with Gasteiger partial charge in [-0.1, -0.05) is 69.4 Å². The van der Waals surface area contributed by atoms with Gasteiger partial charge in [-0.2, -0.15) is 0 Å². The number of benzene rings is 1. The molecular weight excluding hydrogens is 592 g/mol. The summed E-state index contributed by atoms with van der Waals surface area (Å²) in [6.45, 7) is 5.85. The van der Waals surface area contributed by atoms with Crippen LogP contribution in [0, 0.1) is 36.0 Å². The molecule has 3 amide bonds. The molecule has 9 nitrogen and oxygen atoms in total. The number of amides is 3. The first-order valence-electron chi connectivity index (χ1n) is 17.4. The predicted molar refractivity (Wildman–Crippen MR) is 187 cm³/mol. The largest absolute Gasteiger partial charge is 0.390 e. The molecule has 2 rings (SSSR count). The van der Waals surface area contributed by atoms with Gasteiger partial charge < -0.3 is 30.6 Å². The summed E-state index contributed by atoms with van der Waals surface area (Å²) in [6.07, 6.45) is 10.8. The van der Waals surface area contributed by atoms with E-state index in [1.165, 1.54) is 6.42 Å². The minimum Gasteiger partial charge on any atom is -0.390 e. The molecule has 1 fully saturated rings. The van der Waals surface area contributed by atoms with Gasteiger partial charge in [0.05, 0.1) is 24.2 Å². The number of carbonyl (C=O) groups is 3. The Morgan fingerprint density at radius 2 is 1.72 bits per heavy atom. The maximum Gasteiger partial charge on any atom is 0.243 e. The summed E-state index contributed by atoms with van der Waals surface area (Å²) >= 11 is 0. The fourth-order valence-corrected chi connectivity index (χ4v) is 6.03. The van der Waals surface area contributed by atoms with Crippen molar-refractivity contribution >= 4 is 17.7 Å². The lowest BCUT2D eigenvalue weighted by Gasteiger charge is -2.33. The molecule has 1 aliphatic carbocycles. The number of nitrogens with zero attached hydrogens (tertiary/aromatic N) is 2. The van der Waals surface area contributed by atoms with Crippen molar-refractivity contribution < 1.29 is 24.6 Å². The molecule has 260 valence electrons. The normalized spacial score (nSPS) is 16.5. The standard InChI is InChI=1S/C38H58N4O5/c1-6-9-13-23-34(43)36(45)33(27-30-20-16-12-17-21-30)40-38(47)32(22-10-7-2)39-37(46)31(26-29-18-14-11-15-19-29)28-35(44)42(5)25-24-41(4)8-3/h1,11,14-15,18-19,30-34,36,43,45H,8-9,12-13,16-17,20-28H2,2-5H3,(H,39,46)(H,40,47)/t31?,32-,33?,34?,36+/m0/s1. The number of hydrogen-bond acceptors (Lipinski definition) is 6. The Bertz CT molecular complexity index is 1180. The van der Waals surface area contributed by atoms with Gasteiger partial charge in [0, 0.05) is 39.4 Å². The highest BCUT2D eigenvalue weighted by molar-refractivity contribution is 5.91. The lowest BCUT2D eigenvalue weighted by molar-refractivity contribution is -0.137. The fraction of sp³-hybridized carbons (Fsp3) is 0.658. The summed E-state index contributed by atoms with van der Waals surface area (Å²) in [6, 6.07) is 7.83. The van der Waals surface area contributed by atoms with Crippen molar-refractivity contribution in [2.75, 3.05) is 33.7 Å². The summed E-state index contributed by atoms with van der Waals surface area (Å²) in [5.41, 5.74) is 0.915. The van der Waals surface area contributed by atoms with E-state index in [1.54, 1.807) is 18.9 Å². The number of terminal acetylenes is 1. The SMILES string of the molecule is C#CCCCC(O)[C@H](O)C(CC1CCCCC1)NC(=O)[C@H](CC#CC)NC(=O)C(CC(=O)N(C)CCN(C)CC)Cc1ccccc1. The van der Waals surface area contributed by atoms with Gasteiger partial charge in [-0.25, -0.2) is 0 Å². The zero-order chi connectivity index (χ0) is 34.6. The lowest BCUT2D eigenvalue weighted by atomic mass is 9.82. The van der Waals surface area contributed by atoms with Gasteiger partial charge in [-0.05, 0) is 57.7 Å². The smallest absolute Gasteiger partial charge is 0.243 e. The molecule has 4 N–H and O–H groups in total. The Hall–Kier alpha value is -3.37. The van der Waals surface area contributed by atoms with Crippen molar-refractivity contribution in [3.8, 4) is 24.2 Å². The van der Waals surface area contributed by atoms with Crippen LogP contribution in [0.25, 0.3) is 0 Å². The summed E-state index contributed by atoms with van der Waals surface area (Å²) < 4.78 is 0. The second-order valence-corrected chi connectivity index (χ2v) is 13.0. The minimum absolute atomic E-state index is 0.00622. The van der Waals surface area contributed by atoms with Gasteiger partial charge in [-0.3, -0.25) is 14.4 Å². The van der Waals surface area contributed by atoms with Gasteiger partial charge in [0.15, 0.2) is 0 Å². The lowest BCUT2D eigenvalue weighted by Crippen LogP contribution is -2.56. The zero-order valence-corrected chi connectivity index (χ0v) is 29.0. The average Bonchev–Trinajstić information content (AvgIpc) is 3.08. The van der Waals surface area contributed by atoms with Gasteiger partial charge in [0.2, 0.25) is 17.7 Å². The third-order valence-electron chi connectivity index (χ3n) is 9.28. The van der Waals surface area contributed by atoms with Crippen molar-refractivity contribution in [1.29, 1.82) is 0 Å². The van der Waals surface area contributed by atoms with Crippen LogP contribution in [0.4, 0.5) is 0 Å². The second-order valence-electron chi connectivity index (χ2n) is 13.0. The van der Waals surface area contributed by atoms with E-state index in [9.17, 15) is 24.6 Å². The average molecular weight is 651 g/mol. The molecule has 1 aromatic carbocycles. The predicted octanol–water partition coefficient (Wildman–Crippen LogP) is 3.52. The zero-order valence-electron chi connectivity index (χ0n) is 29.0. The van der Waals surface area contributed by atoms with Gasteiger partial charge >= 0.3 is 0 Å². The van der Waals surface area contributed by atoms with Crippen LogP contribution < -0.4 is 10.6 Å². The van der Waals surface area contributed by atoms with Crippen LogP contribution in [0.3, 0.4) is 0 Å². The van der Waals surface area contributed by atoms with Gasteiger partial charge in [-0.15, -0.1) is 24.2 Å². The maximum atomic E-state index is 13.9. The highest BCUT2D eigenvalue weighted by Crippen LogP contribution is 2.29. The topological polar surface area (TPSA) is 122 Å². The second kappa shape index (κ2) is 22.2. The van der Waals surface area contributed by atoms with Crippen molar-refractivity contribution in [3.63, 3.8) is 0 Å². The molecule has 0 saturated heterocycles. The number of rotatable bonds is 20. The Morgan fingerprint density at radius 3 is 2.36 bits per heavy atom. The first-order valence-corrected chi connectivity index (χ1v) is 17.4. The molecule has 1 saturated carbocycles. The number of nitrogens with one attached hydrogen (secondary N) is 2. The summed E-state index contributed by atoms with van der Waals surface area (Å²) in [7, 11) is 3.74. The van der Waals surface area contributed by atoms with Crippen molar-refractivity contribution in [3.05, 3.63) is 35.9 Å². The van der Waals surface area contributed by atoms with E-state index >= 15 is 0 Å². The van der Waals surface area contributed by atoms with E-state index in [0.717, 1.165) is 44.3 Å². The number of aliphatic hydroxyl groups is 2. The highest BCUT2D eigenvalue weighted by Gasteiger charge is 2.34. The van der Waals surface area contributed by atoms with Crippen molar-refractivity contribution in [2.24, 2.45) is 11.8 Å². The molecule has 0 heterocycles. The van der Waals surface area contributed by atoms with Crippen molar-refractivity contribution in [1.82, 2.24) is 20.4 Å². The van der Waals surface area contributed by atoms with E-state index in [1.807, 2.05) is 37.4 Å². The van der Waals surface area contributed by atoms with Crippen LogP contribution in [0.1, 0.15) is 90.0 Å². The minimum atomic E-state index is -1.18. The molecule has 5 atom stereocenters. The van der Waals surface area contributed by atoms with Crippen LogP contribution in [-0.2, 0) is 20.8 Å². The quantitative estimate of drug-likeness (QED) is 0.127. The number of likely N-dealkylation sites (N-methyl/N-ethyl adjacent to an activating group) is 2. The molecule has 47 heavy (non-hydrogen) atoms. The molecule has 1 aliphatic rings. The highest BCUT2D eigenvalue weighted by atomic mass is 16.3. The number of hydrogen-bond donors (Lipinski definition) is 4. The molecular formula is C38H58N4O5. The Kier molecular flexibility index (Phi) is 18.8. The third-order valence-corrected chi connectivity index (χ3v) is 9.28. The van der Waals surface area contributed by atoms with Crippen molar-refractivity contribution in [2.45, 2.75) is 115 Å². The molecule has 0 bridgehead atoms.